The Morgan fingerprint density at radius 2 is 2.20 bits per heavy atom. The van der Waals surface area contributed by atoms with Gasteiger partial charge in [0, 0.05) is 18.8 Å². The fraction of sp³-hybridized carbons (Fsp3) is 0.312. The van der Waals surface area contributed by atoms with Crippen molar-refractivity contribution in [1.29, 1.82) is 0 Å². The fourth-order valence-corrected chi connectivity index (χ4v) is 3.03. The third kappa shape index (κ3) is 2.80. The number of halogens is 1. The van der Waals surface area contributed by atoms with Crippen LogP contribution in [0.3, 0.4) is 0 Å². The molecule has 1 aromatic heterocycles. The van der Waals surface area contributed by atoms with Gasteiger partial charge >= 0.3 is 0 Å². The average Bonchev–Trinajstić information content (AvgIpc) is 2.46. The van der Waals surface area contributed by atoms with E-state index in [1.165, 1.54) is 29.7 Å². The van der Waals surface area contributed by atoms with Crippen molar-refractivity contribution in [1.82, 2.24) is 4.98 Å². The minimum Gasteiger partial charge on any atom is -0.385 e. The van der Waals surface area contributed by atoms with Crippen LogP contribution in [-0.4, -0.2) is 11.5 Å². The SMILES string of the molecule is Cc1nc(Br)ccc1NCc1cccc2c1NCCC2. The summed E-state index contributed by atoms with van der Waals surface area (Å²) in [6, 6.07) is 10.6. The van der Waals surface area contributed by atoms with E-state index >= 15 is 0 Å². The van der Waals surface area contributed by atoms with Gasteiger partial charge in [0.1, 0.15) is 4.60 Å². The van der Waals surface area contributed by atoms with Crippen LogP contribution in [0.5, 0.6) is 0 Å². The molecule has 3 rings (SSSR count). The summed E-state index contributed by atoms with van der Waals surface area (Å²) in [5.41, 5.74) is 6.17. The molecule has 0 saturated carbocycles. The topological polar surface area (TPSA) is 37.0 Å². The smallest absolute Gasteiger partial charge is 0.106 e. The quantitative estimate of drug-likeness (QED) is 0.830. The van der Waals surface area contributed by atoms with E-state index in [-0.39, 0.29) is 0 Å². The number of benzene rings is 1. The summed E-state index contributed by atoms with van der Waals surface area (Å²) in [6.07, 6.45) is 2.40. The number of rotatable bonds is 3. The highest BCUT2D eigenvalue weighted by molar-refractivity contribution is 9.10. The Morgan fingerprint density at radius 3 is 3.05 bits per heavy atom. The minimum atomic E-state index is 0.820. The lowest BCUT2D eigenvalue weighted by atomic mass is 9.99. The molecule has 0 bridgehead atoms. The van der Waals surface area contributed by atoms with Crippen LogP contribution >= 0.6 is 15.9 Å². The van der Waals surface area contributed by atoms with Crippen LogP contribution in [0.15, 0.2) is 34.9 Å². The molecule has 0 aliphatic carbocycles. The first-order valence-corrected chi connectivity index (χ1v) is 7.75. The number of hydrogen-bond donors (Lipinski definition) is 2. The van der Waals surface area contributed by atoms with Crippen LogP contribution < -0.4 is 10.6 Å². The molecule has 20 heavy (non-hydrogen) atoms. The number of hydrogen-bond acceptors (Lipinski definition) is 3. The Bertz CT molecular complexity index is 625. The maximum absolute atomic E-state index is 4.41. The molecule has 104 valence electrons. The van der Waals surface area contributed by atoms with E-state index < -0.39 is 0 Å². The molecule has 0 spiro atoms. The van der Waals surface area contributed by atoms with Crippen molar-refractivity contribution in [2.45, 2.75) is 26.3 Å². The van der Waals surface area contributed by atoms with Gasteiger partial charge in [0.15, 0.2) is 0 Å². The summed E-state index contributed by atoms with van der Waals surface area (Å²) in [5.74, 6) is 0. The average molecular weight is 332 g/mol. The largest absolute Gasteiger partial charge is 0.385 e. The Balaban J connectivity index is 1.78. The van der Waals surface area contributed by atoms with Gasteiger partial charge in [-0.2, -0.15) is 0 Å². The number of nitrogens with zero attached hydrogens (tertiary/aromatic N) is 1. The van der Waals surface area contributed by atoms with Crippen LogP contribution in [0.4, 0.5) is 11.4 Å². The van der Waals surface area contributed by atoms with Gasteiger partial charge < -0.3 is 10.6 Å². The van der Waals surface area contributed by atoms with Crippen molar-refractivity contribution in [2.24, 2.45) is 0 Å². The second-order valence-electron chi connectivity index (χ2n) is 5.10. The van der Waals surface area contributed by atoms with Gasteiger partial charge in [-0.3, -0.25) is 0 Å². The minimum absolute atomic E-state index is 0.820. The molecule has 0 saturated heterocycles. The zero-order valence-corrected chi connectivity index (χ0v) is 13.1. The molecule has 1 aromatic carbocycles. The third-order valence-electron chi connectivity index (χ3n) is 3.68. The van der Waals surface area contributed by atoms with Crippen LogP contribution in [0.2, 0.25) is 0 Å². The normalized spacial score (nSPS) is 13.5. The summed E-state index contributed by atoms with van der Waals surface area (Å²) in [6.45, 7) is 3.91. The second kappa shape index (κ2) is 5.83. The van der Waals surface area contributed by atoms with Gasteiger partial charge in [-0.1, -0.05) is 18.2 Å². The lowest BCUT2D eigenvalue weighted by molar-refractivity contribution is 0.825. The number of pyridine rings is 1. The van der Waals surface area contributed by atoms with Gasteiger partial charge in [-0.25, -0.2) is 4.98 Å². The Morgan fingerprint density at radius 1 is 1.30 bits per heavy atom. The van der Waals surface area contributed by atoms with Crippen molar-refractivity contribution in [3.05, 3.63) is 51.8 Å². The molecule has 0 fully saturated rings. The lowest BCUT2D eigenvalue weighted by Gasteiger charge is -2.21. The Hall–Kier alpha value is -1.55. The first-order chi connectivity index (χ1) is 9.74. The van der Waals surface area contributed by atoms with Crippen LogP contribution in [0, 0.1) is 6.92 Å². The highest BCUT2D eigenvalue weighted by Crippen LogP contribution is 2.27. The second-order valence-corrected chi connectivity index (χ2v) is 5.91. The van der Waals surface area contributed by atoms with E-state index in [1.54, 1.807) is 0 Å². The summed E-state index contributed by atoms with van der Waals surface area (Å²) in [7, 11) is 0. The summed E-state index contributed by atoms with van der Waals surface area (Å²) in [5, 5.41) is 7.01. The molecule has 2 aromatic rings. The van der Waals surface area contributed by atoms with E-state index in [4.69, 9.17) is 0 Å². The molecule has 2 heterocycles. The molecule has 0 atom stereocenters. The van der Waals surface area contributed by atoms with Gasteiger partial charge in [0.2, 0.25) is 0 Å². The molecule has 2 N–H and O–H groups in total. The highest BCUT2D eigenvalue weighted by Gasteiger charge is 2.12. The van der Waals surface area contributed by atoms with E-state index in [1.807, 2.05) is 13.0 Å². The van der Waals surface area contributed by atoms with Gasteiger partial charge in [0.25, 0.3) is 0 Å². The van der Waals surface area contributed by atoms with Crippen molar-refractivity contribution in [2.75, 3.05) is 17.2 Å². The van der Waals surface area contributed by atoms with E-state index in [0.717, 1.165) is 29.1 Å². The number of aromatic nitrogens is 1. The van der Waals surface area contributed by atoms with Crippen LogP contribution in [0.25, 0.3) is 0 Å². The van der Waals surface area contributed by atoms with E-state index in [2.05, 4.69) is 55.8 Å². The fourth-order valence-electron chi connectivity index (χ4n) is 2.64. The van der Waals surface area contributed by atoms with E-state index in [0.29, 0.717) is 0 Å². The monoisotopic (exact) mass is 331 g/mol. The van der Waals surface area contributed by atoms with Crippen molar-refractivity contribution < 1.29 is 0 Å². The summed E-state index contributed by atoms with van der Waals surface area (Å²) in [4.78, 5) is 4.41. The lowest BCUT2D eigenvalue weighted by Crippen LogP contribution is -2.15. The van der Waals surface area contributed by atoms with Gasteiger partial charge in [-0.15, -0.1) is 0 Å². The number of aryl methyl sites for hydroxylation is 2. The standard InChI is InChI=1S/C16H18BrN3/c1-11-14(7-8-15(17)20-11)19-10-13-5-2-4-12-6-3-9-18-16(12)13/h2,4-5,7-8,18-19H,3,6,9-10H2,1H3. The van der Waals surface area contributed by atoms with Crippen LogP contribution in [-0.2, 0) is 13.0 Å². The first-order valence-electron chi connectivity index (χ1n) is 6.96. The molecule has 1 aliphatic heterocycles. The third-order valence-corrected chi connectivity index (χ3v) is 4.12. The molecule has 4 heteroatoms. The summed E-state index contributed by atoms with van der Waals surface area (Å²) < 4.78 is 0.874. The number of para-hydroxylation sites is 1. The highest BCUT2D eigenvalue weighted by atomic mass is 79.9. The molecule has 0 unspecified atom stereocenters. The molecule has 1 aliphatic rings. The predicted octanol–water partition coefficient (Wildman–Crippen LogP) is 4.12. The summed E-state index contributed by atoms with van der Waals surface area (Å²) >= 11 is 3.39. The molecule has 3 nitrogen and oxygen atoms in total. The molecule has 0 radical (unpaired) electrons. The Kier molecular flexibility index (Phi) is 3.92. The molecular weight excluding hydrogens is 314 g/mol. The maximum Gasteiger partial charge on any atom is 0.106 e. The Labute approximate surface area is 127 Å². The van der Waals surface area contributed by atoms with Gasteiger partial charge in [-0.05, 0) is 59.0 Å². The zero-order valence-electron chi connectivity index (χ0n) is 11.5. The number of nitrogens with one attached hydrogen (secondary N) is 2. The van der Waals surface area contributed by atoms with E-state index in [9.17, 15) is 0 Å². The van der Waals surface area contributed by atoms with Crippen molar-refractivity contribution >= 4 is 27.3 Å². The van der Waals surface area contributed by atoms with Crippen LogP contribution in [0.1, 0.15) is 23.2 Å². The first kappa shape index (κ1) is 13.4. The predicted molar refractivity (Wildman–Crippen MR) is 87.3 cm³/mol. The number of fused-ring (bicyclic) bond motifs is 1. The van der Waals surface area contributed by atoms with Crippen molar-refractivity contribution in [3.8, 4) is 0 Å². The van der Waals surface area contributed by atoms with Gasteiger partial charge in [0.05, 0.1) is 11.4 Å². The molecule has 0 amide bonds. The zero-order chi connectivity index (χ0) is 13.9. The van der Waals surface area contributed by atoms with Crippen molar-refractivity contribution in [3.63, 3.8) is 0 Å². The molecular formula is C16H18BrN3. The maximum atomic E-state index is 4.41. The number of anilines is 2.